The number of aromatic nitrogens is 1. The van der Waals surface area contributed by atoms with Crippen molar-refractivity contribution >= 4 is 28.5 Å². The molecule has 0 saturated carbocycles. The maximum atomic E-state index is 12.7. The molecule has 1 aliphatic rings. The van der Waals surface area contributed by atoms with Gasteiger partial charge < -0.3 is 4.90 Å². The summed E-state index contributed by atoms with van der Waals surface area (Å²) in [5.41, 5.74) is 2.89. The number of imide groups is 1. The lowest BCUT2D eigenvalue weighted by Gasteiger charge is -2.15. The smallest absolute Gasteiger partial charge is 0.314 e. The van der Waals surface area contributed by atoms with Gasteiger partial charge in [-0.3, -0.25) is 4.79 Å². The minimum absolute atomic E-state index is 0.115. The molecule has 0 N–H and O–H groups in total. The summed E-state index contributed by atoms with van der Waals surface area (Å²) in [6.45, 7) is 0.639. The predicted octanol–water partition coefficient (Wildman–Crippen LogP) is 3.82. The van der Waals surface area contributed by atoms with Gasteiger partial charge in [-0.25, -0.2) is 9.69 Å². The molecule has 1 aliphatic heterocycles. The van der Waals surface area contributed by atoms with Crippen molar-refractivity contribution in [3.63, 3.8) is 0 Å². The zero-order valence-electron chi connectivity index (χ0n) is 14.0. The van der Waals surface area contributed by atoms with Crippen LogP contribution in [0.2, 0.25) is 0 Å². The van der Waals surface area contributed by atoms with Crippen LogP contribution in [0.4, 0.5) is 9.80 Å². The molecule has 3 aromatic rings. The SMILES string of the molecule is O=C1CN(CCc2ccccc2)C(=O)N1c1cc(-c2ccccc2)ns1. The lowest BCUT2D eigenvalue weighted by Crippen LogP contribution is -2.33. The highest BCUT2D eigenvalue weighted by Crippen LogP contribution is 2.30. The Kier molecular flexibility index (Phi) is 4.50. The van der Waals surface area contributed by atoms with Crippen LogP contribution in [0, 0.1) is 0 Å². The first-order chi connectivity index (χ1) is 12.7. The maximum absolute atomic E-state index is 12.7. The monoisotopic (exact) mass is 363 g/mol. The molecular formula is C20H17N3O2S. The van der Waals surface area contributed by atoms with Crippen LogP contribution in [0.5, 0.6) is 0 Å². The van der Waals surface area contributed by atoms with Gasteiger partial charge in [0.05, 0.1) is 5.69 Å². The fraction of sp³-hybridized carbons (Fsp3) is 0.150. The molecule has 5 nitrogen and oxygen atoms in total. The number of amides is 3. The second-order valence-electron chi connectivity index (χ2n) is 6.09. The third kappa shape index (κ3) is 3.23. The van der Waals surface area contributed by atoms with E-state index in [-0.39, 0.29) is 18.5 Å². The molecule has 0 bridgehead atoms. The number of urea groups is 1. The zero-order chi connectivity index (χ0) is 17.9. The Morgan fingerprint density at radius 1 is 0.962 bits per heavy atom. The van der Waals surface area contributed by atoms with Crippen LogP contribution in [-0.2, 0) is 11.2 Å². The van der Waals surface area contributed by atoms with Crippen LogP contribution in [-0.4, -0.2) is 34.3 Å². The Bertz CT molecular complexity index is 924. The van der Waals surface area contributed by atoms with E-state index in [1.807, 2.05) is 60.7 Å². The van der Waals surface area contributed by atoms with Gasteiger partial charge in [0, 0.05) is 18.2 Å². The third-order valence-corrected chi connectivity index (χ3v) is 5.11. The normalized spacial score (nSPS) is 14.3. The summed E-state index contributed by atoms with van der Waals surface area (Å²) in [6, 6.07) is 21.2. The summed E-state index contributed by atoms with van der Waals surface area (Å²) in [6.07, 6.45) is 0.728. The minimum Gasteiger partial charge on any atom is -0.314 e. The number of carbonyl (C=O) groups is 2. The summed E-state index contributed by atoms with van der Waals surface area (Å²) in [5, 5.41) is 0.570. The molecule has 2 aromatic carbocycles. The fourth-order valence-electron chi connectivity index (χ4n) is 2.97. The zero-order valence-corrected chi connectivity index (χ0v) is 14.9. The third-order valence-electron chi connectivity index (χ3n) is 4.34. The average molecular weight is 363 g/mol. The standard InChI is InChI=1S/C20H17N3O2S/c24-18-14-22(12-11-15-7-3-1-4-8-15)20(25)23(18)19-13-17(21-26-19)16-9-5-2-6-10-16/h1-10,13H,11-12,14H2. The number of nitrogens with zero attached hydrogens (tertiary/aromatic N) is 3. The summed E-state index contributed by atoms with van der Waals surface area (Å²) >= 11 is 1.17. The lowest BCUT2D eigenvalue weighted by atomic mass is 10.1. The van der Waals surface area contributed by atoms with Gasteiger partial charge in [0.25, 0.3) is 5.91 Å². The summed E-state index contributed by atoms with van der Waals surface area (Å²) in [5.74, 6) is -0.202. The number of hydrogen-bond donors (Lipinski definition) is 0. The van der Waals surface area contributed by atoms with Crippen LogP contribution >= 0.6 is 11.5 Å². The van der Waals surface area contributed by atoms with Gasteiger partial charge in [-0.2, -0.15) is 4.37 Å². The van der Waals surface area contributed by atoms with Crippen molar-refractivity contribution in [2.45, 2.75) is 6.42 Å². The maximum Gasteiger partial charge on any atom is 0.332 e. The molecule has 4 rings (SSSR count). The second kappa shape index (κ2) is 7.09. The van der Waals surface area contributed by atoms with Crippen molar-refractivity contribution in [1.82, 2.24) is 9.27 Å². The molecule has 3 amide bonds. The number of benzene rings is 2. The summed E-state index contributed by atoms with van der Waals surface area (Å²) in [7, 11) is 0. The largest absolute Gasteiger partial charge is 0.332 e. The molecule has 0 aliphatic carbocycles. The fourth-order valence-corrected chi connectivity index (χ4v) is 3.74. The molecule has 0 atom stereocenters. The van der Waals surface area contributed by atoms with Crippen molar-refractivity contribution in [1.29, 1.82) is 0 Å². The molecule has 6 heteroatoms. The van der Waals surface area contributed by atoms with E-state index >= 15 is 0 Å². The summed E-state index contributed by atoms with van der Waals surface area (Å²) < 4.78 is 4.40. The molecular weight excluding hydrogens is 346 g/mol. The molecule has 0 unspecified atom stereocenters. The van der Waals surface area contributed by atoms with Crippen LogP contribution in [0.1, 0.15) is 5.56 Å². The predicted molar refractivity (Wildman–Crippen MR) is 102 cm³/mol. The number of hydrogen-bond acceptors (Lipinski definition) is 4. The Balaban J connectivity index is 1.48. The molecule has 1 aromatic heterocycles. The van der Waals surface area contributed by atoms with Gasteiger partial charge >= 0.3 is 6.03 Å². The van der Waals surface area contributed by atoms with Crippen molar-refractivity contribution in [3.05, 3.63) is 72.3 Å². The molecule has 130 valence electrons. The Labute approximate surface area is 155 Å². The van der Waals surface area contributed by atoms with Crippen LogP contribution in [0.3, 0.4) is 0 Å². The van der Waals surface area contributed by atoms with Crippen LogP contribution in [0.15, 0.2) is 66.7 Å². The van der Waals surface area contributed by atoms with Gasteiger partial charge in [0.1, 0.15) is 11.5 Å². The van der Waals surface area contributed by atoms with Gasteiger partial charge in [0.15, 0.2) is 0 Å². The molecule has 0 radical (unpaired) electrons. The van der Waals surface area contributed by atoms with E-state index in [1.165, 1.54) is 16.4 Å². The van der Waals surface area contributed by atoms with Crippen molar-refractivity contribution in [2.75, 3.05) is 18.0 Å². The lowest BCUT2D eigenvalue weighted by molar-refractivity contribution is -0.116. The second-order valence-corrected chi connectivity index (χ2v) is 6.87. The molecule has 2 heterocycles. The highest BCUT2D eigenvalue weighted by atomic mass is 32.1. The number of anilines is 1. The highest BCUT2D eigenvalue weighted by Gasteiger charge is 2.37. The first kappa shape index (κ1) is 16.5. The van der Waals surface area contributed by atoms with Gasteiger partial charge in [-0.1, -0.05) is 60.7 Å². The van der Waals surface area contributed by atoms with E-state index in [1.54, 1.807) is 11.0 Å². The molecule has 1 saturated heterocycles. The van der Waals surface area contributed by atoms with E-state index in [2.05, 4.69) is 4.37 Å². The van der Waals surface area contributed by atoms with Crippen molar-refractivity contribution in [3.8, 4) is 11.3 Å². The van der Waals surface area contributed by atoms with Gasteiger partial charge in [0.2, 0.25) is 0 Å². The quantitative estimate of drug-likeness (QED) is 0.648. The van der Waals surface area contributed by atoms with Crippen LogP contribution < -0.4 is 4.90 Å². The van der Waals surface area contributed by atoms with E-state index in [0.29, 0.717) is 11.5 Å². The van der Waals surface area contributed by atoms with Crippen LogP contribution in [0.25, 0.3) is 11.3 Å². The Morgan fingerprint density at radius 3 is 2.38 bits per heavy atom. The molecule has 0 spiro atoms. The van der Waals surface area contributed by atoms with E-state index in [9.17, 15) is 9.59 Å². The Hall–Kier alpha value is -2.99. The molecule has 26 heavy (non-hydrogen) atoms. The number of carbonyl (C=O) groups excluding carboxylic acids is 2. The van der Waals surface area contributed by atoms with E-state index in [4.69, 9.17) is 0 Å². The summed E-state index contributed by atoms with van der Waals surface area (Å²) in [4.78, 5) is 27.9. The van der Waals surface area contributed by atoms with E-state index in [0.717, 1.165) is 23.2 Å². The van der Waals surface area contributed by atoms with Crippen molar-refractivity contribution < 1.29 is 9.59 Å². The van der Waals surface area contributed by atoms with Gasteiger partial charge in [-0.05, 0) is 23.5 Å². The molecule has 1 fully saturated rings. The van der Waals surface area contributed by atoms with Gasteiger partial charge in [-0.15, -0.1) is 0 Å². The van der Waals surface area contributed by atoms with Crippen molar-refractivity contribution in [2.24, 2.45) is 0 Å². The van der Waals surface area contributed by atoms with E-state index < -0.39 is 0 Å². The number of rotatable bonds is 5. The Morgan fingerprint density at radius 2 is 1.65 bits per heavy atom. The minimum atomic E-state index is -0.269. The first-order valence-electron chi connectivity index (χ1n) is 8.40. The first-order valence-corrected chi connectivity index (χ1v) is 9.17. The topological polar surface area (TPSA) is 53.5 Å². The average Bonchev–Trinajstić information content (AvgIpc) is 3.26. The highest BCUT2D eigenvalue weighted by molar-refractivity contribution is 7.11.